The van der Waals surface area contributed by atoms with E-state index in [0.717, 1.165) is 29.0 Å². The first kappa shape index (κ1) is 24.8. The van der Waals surface area contributed by atoms with Crippen LogP contribution in [-0.2, 0) is 13.0 Å². The molecular weight excluding hydrogens is 512 g/mol. The minimum atomic E-state index is -4.17. The highest BCUT2D eigenvalue weighted by molar-refractivity contribution is 14.0. The summed E-state index contributed by atoms with van der Waals surface area (Å²) < 4.78 is 49.1. The van der Waals surface area contributed by atoms with E-state index in [2.05, 4.69) is 15.6 Å². The number of aliphatic imine (C=N–C) groups is 1. The maximum atomic E-state index is 12.6. The lowest BCUT2D eigenvalue weighted by Gasteiger charge is -2.20. The highest BCUT2D eigenvalue weighted by Crippen LogP contribution is 2.35. The van der Waals surface area contributed by atoms with Crippen molar-refractivity contribution in [3.8, 4) is 11.5 Å². The van der Waals surface area contributed by atoms with Crippen LogP contribution in [0.4, 0.5) is 13.2 Å². The molecule has 3 rings (SSSR count). The Hall–Kier alpha value is -1.43. The Morgan fingerprint density at radius 3 is 2.80 bits per heavy atom. The number of methoxy groups -OCH3 is 1. The summed E-state index contributed by atoms with van der Waals surface area (Å²) in [6.07, 6.45) is -2.52. The monoisotopic (exact) mass is 542 g/mol. The van der Waals surface area contributed by atoms with Crippen LogP contribution >= 0.6 is 24.0 Å². The van der Waals surface area contributed by atoms with E-state index < -0.39 is 12.7 Å². The Morgan fingerprint density at radius 2 is 2.13 bits per heavy atom. The van der Waals surface area contributed by atoms with Gasteiger partial charge in [0.25, 0.3) is 0 Å². The molecule has 170 valence electrons. The fourth-order valence-corrected chi connectivity index (χ4v) is 3.82. The van der Waals surface area contributed by atoms with Gasteiger partial charge in [-0.15, -0.1) is 24.0 Å². The molecule has 2 aliphatic rings. The van der Waals surface area contributed by atoms with Gasteiger partial charge in [0.05, 0.1) is 20.2 Å². The fourth-order valence-electron chi connectivity index (χ4n) is 3.82. The van der Waals surface area contributed by atoms with Crippen LogP contribution in [0.2, 0.25) is 0 Å². The Balaban J connectivity index is 0.00000320. The zero-order valence-corrected chi connectivity index (χ0v) is 19.8. The highest BCUT2D eigenvalue weighted by atomic mass is 127. The second-order valence-corrected chi connectivity index (χ2v) is 7.58. The third-order valence-electron chi connectivity index (χ3n) is 5.07. The average Bonchev–Trinajstić information content (AvgIpc) is 3.22. The number of rotatable bonds is 6. The summed E-state index contributed by atoms with van der Waals surface area (Å²) in [5.74, 6) is 2.21. The summed E-state index contributed by atoms with van der Waals surface area (Å²) in [6, 6.07) is 3.89. The Kier molecular flexibility index (Phi) is 8.89. The van der Waals surface area contributed by atoms with Crippen molar-refractivity contribution < 1.29 is 22.6 Å². The summed E-state index contributed by atoms with van der Waals surface area (Å²) in [5, 5.41) is 6.42. The van der Waals surface area contributed by atoms with Crippen LogP contribution < -0.4 is 20.1 Å². The van der Waals surface area contributed by atoms with Crippen molar-refractivity contribution in [3.63, 3.8) is 0 Å². The molecule has 2 atom stereocenters. The molecule has 30 heavy (non-hydrogen) atoms. The van der Waals surface area contributed by atoms with Gasteiger partial charge in [-0.05, 0) is 32.4 Å². The Labute approximate surface area is 192 Å². The van der Waals surface area contributed by atoms with Gasteiger partial charge < -0.3 is 20.1 Å². The molecule has 0 bridgehead atoms. The first-order valence-corrected chi connectivity index (χ1v) is 9.97. The molecule has 1 saturated heterocycles. The van der Waals surface area contributed by atoms with Crippen molar-refractivity contribution in [1.82, 2.24) is 15.5 Å². The molecule has 0 radical (unpaired) electrons. The van der Waals surface area contributed by atoms with E-state index >= 15 is 0 Å². The number of hydrogen-bond acceptors (Lipinski definition) is 4. The lowest BCUT2D eigenvalue weighted by Crippen LogP contribution is -2.45. The molecule has 2 aliphatic heterocycles. The highest BCUT2D eigenvalue weighted by Gasteiger charge is 2.34. The zero-order valence-electron chi connectivity index (χ0n) is 17.5. The fraction of sp³-hybridized carbons (Fsp3) is 0.650. The maximum Gasteiger partial charge on any atom is 0.401 e. The molecule has 0 aliphatic carbocycles. The number of nitrogens with one attached hydrogen (secondary N) is 2. The molecule has 0 saturated carbocycles. The Bertz CT molecular complexity index is 745. The topological polar surface area (TPSA) is 58.1 Å². The van der Waals surface area contributed by atoms with Crippen LogP contribution in [0.3, 0.4) is 0 Å². The molecule has 2 N–H and O–H groups in total. The van der Waals surface area contributed by atoms with E-state index in [4.69, 9.17) is 9.47 Å². The van der Waals surface area contributed by atoms with Crippen molar-refractivity contribution in [1.29, 1.82) is 0 Å². The largest absolute Gasteiger partial charge is 0.496 e. The summed E-state index contributed by atoms with van der Waals surface area (Å²) >= 11 is 0. The molecule has 0 spiro atoms. The number of fused-ring (bicyclic) bond motifs is 1. The van der Waals surface area contributed by atoms with Crippen LogP contribution in [0.15, 0.2) is 17.1 Å². The van der Waals surface area contributed by atoms with Crippen molar-refractivity contribution in [2.75, 3.05) is 33.3 Å². The van der Waals surface area contributed by atoms with Gasteiger partial charge >= 0.3 is 6.18 Å². The van der Waals surface area contributed by atoms with Crippen LogP contribution in [0.25, 0.3) is 0 Å². The van der Waals surface area contributed by atoms with E-state index in [9.17, 15) is 13.2 Å². The molecule has 1 aromatic rings. The van der Waals surface area contributed by atoms with Gasteiger partial charge in [-0.3, -0.25) is 4.90 Å². The average molecular weight is 542 g/mol. The predicted octanol–water partition coefficient (Wildman–Crippen LogP) is 3.33. The van der Waals surface area contributed by atoms with Gasteiger partial charge in [0.15, 0.2) is 5.96 Å². The molecule has 0 amide bonds. The second-order valence-electron chi connectivity index (χ2n) is 7.58. The van der Waals surface area contributed by atoms with Crippen LogP contribution in [0.1, 0.15) is 31.4 Å². The quantitative estimate of drug-likeness (QED) is 0.328. The second kappa shape index (κ2) is 10.7. The van der Waals surface area contributed by atoms with Gasteiger partial charge in [0.2, 0.25) is 0 Å². The zero-order chi connectivity index (χ0) is 21.0. The summed E-state index contributed by atoms with van der Waals surface area (Å²) in [5.41, 5.74) is 2.03. The predicted molar refractivity (Wildman–Crippen MR) is 121 cm³/mol. The lowest BCUT2D eigenvalue weighted by atomic mass is 10.1. The van der Waals surface area contributed by atoms with Crippen molar-refractivity contribution >= 4 is 29.9 Å². The van der Waals surface area contributed by atoms with E-state index in [-0.39, 0.29) is 36.1 Å². The van der Waals surface area contributed by atoms with Gasteiger partial charge in [-0.25, -0.2) is 4.99 Å². The number of nitrogens with zero attached hydrogens (tertiary/aromatic N) is 2. The van der Waals surface area contributed by atoms with Gasteiger partial charge in [0.1, 0.15) is 17.6 Å². The molecule has 2 unspecified atom stereocenters. The number of benzene rings is 1. The number of hydrogen-bond donors (Lipinski definition) is 2. The van der Waals surface area contributed by atoms with E-state index in [1.54, 1.807) is 7.11 Å². The normalized spacial score (nSPS) is 21.6. The van der Waals surface area contributed by atoms with Gasteiger partial charge in [-0.1, -0.05) is 0 Å². The molecular formula is C20H30F3IN4O2. The third kappa shape index (κ3) is 6.79. The van der Waals surface area contributed by atoms with Crippen LogP contribution in [0, 0.1) is 0 Å². The summed E-state index contributed by atoms with van der Waals surface area (Å²) in [4.78, 5) is 6.04. The summed E-state index contributed by atoms with van der Waals surface area (Å²) in [6.45, 7) is 4.91. The Morgan fingerprint density at radius 1 is 1.37 bits per heavy atom. The standard InChI is InChI=1S/C20H29F3N4O2.HI/c1-4-24-19(26-16-5-6-27(11-16)12-20(21,22)23)25-10-15-9-18-14(7-13(2)29-18)8-17(15)28-3;/h8-9,13,16H,4-7,10-12H2,1-3H3,(H2,24,25,26);1H. The van der Waals surface area contributed by atoms with Crippen LogP contribution in [-0.4, -0.2) is 62.5 Å². The van der Waals surface area contributed by atoms with E-state index in [1.165, 1.54) is 4.90 Å². The molecule has 0 aromatic heterocycles. The summed E-state index contributed by atoms with van der Waals surface area (Å²) in [7, 11) is 1.63. The van der Waals surface area contributed by atoms with Crippen molar-refractivity contribution in [3.05, 3.63) is 23.3 Å². The number of guanidine groups is 1. The number of ether oxygens (including phenoxy) is 2. The first-order valence-electron chi connectivity index (χ1n) is 9.97. The minimum Gasteiger partial charge on any atom is -0.496 e. The number of alkyl halides is 3. The van der Waals surface area contributed by atoms with Gasteiger partial charge in [0, 0.05) is 43.2 Å². The van der Waals surface area contributed by atoms with Crippen molar-refractivity contribution in [2.45, 2.75) is 51.6 Å². The van der Waals surface area contributed by atoms with Gasteiger partial charge in [-0.2, -0.15) is 13.2 Å². The smallest absolute Gasteiger partial charge is 0.401 e. The molecule has 1 fully saturated rings. The number of likely N-dealkylation sites (tertiary alicyclic amines) is 1. The van der Waals surface area contributed by atoms with E-state index in [0.29, 0.717) is 38.6 Å². The van der Waals surface area contributed by atoms with Crippen LogP contribution in [0.5, 0.6) is 11.5 Å². The molecule has 6 nitrogen and oxygen atoms in total. The van der Waals surface area contributed by atoms with E-state index in [1.807, 2.05) is 26.0 Å². The molecule has 2 heterocycles. The molecule has 1 aromatic carbocycles. The molecule has 10 heteroatoms. The first-order chi connectivity index (χ1) is 13.8. The number of halogens is 4. The SMILES string of the molecule is CCNC(=NCc1cc2c(cc1OC)CC(C)O2)NC1CCN(CC(F)(F)F)C1.I. The maximum absolute atomic E-state index is 12.6. The minimum absolute atomic E-state index is 0. The lowest BCUT2D eigenvalue weighted by molar-refractivity contribution is -0.143. The van der Waals surface area contributed by atoms with Crippen molar-refractivity contribution in [2.24, 2.45) is 4.99 Å². The third-order valence-corrected chi connectivity index (χ3v) is 5.07.